The van der Waals surface area contributed by atoms with Crippen LogP contribution < -0.4 is 15.1 Å². The number of fused-ring (bicyclic) bond motifs is 1. The van der Waals surface area contributed by atoms with Crippen LogP contribution in [-0.2, 0) is 6.42 Å². The van der Waals surface area contributed by atoms with Gasteiger partial charge in [-0.15, -0.1) is 0 Å². The lowest BCUT2D eigenvalue weighted by atomic mass is 10.0. The smallest absolute Gasteiger partial charge is 0.354 e. The van der Waals surface area contributed by atoms with Crippen molar-refractivity contribution in [3.63, 3.8) is 0 Å². The summed E-state index contributed by atoms with van der Waals surface area (Å²) in [6.07, 6.45) is 1.36. The van der Waals surface area contributed by atoms with Gasteiger partial charge in [-0.2, -0.15) is 0 Å². The Bertz CT molecular complexity index is 749. The first-order chi connectivity index (χ1) is 10.0. The van der Waals surface area contributed by atoms with Gasteiger partial charge in [-0.25, -0.2) is 4.79 Å². The van der Waals surface area contributed by atoms with E-state index in [2.05, 4.69) is 0 Å². The summed E-state index contributed by atoms with van der Waals surface area (Å²) in [6.45, 7) is 1.95. The molecule has 2 rings (SSSR count). The lowest BCUT2D eigenvalue weighted by Crippen LogP contribution is -2.05. The number of benzene rings is 1. The minimum atomic E-state index is -0.635. The third-order valence-corrected chi connectivity index (χ3v) is 3.14. The fourth-order valence-electron chi connectivity index (χ4n) is 2.31. The predicted octanol–water partition coefficient (Wildman–Crippen LogP) is 2.67. The summed E-state index contributed by atoms with van der Waals surface area (Å²) in [5.41, 5.74) is -0.466. The quantitative estimate of drug-likeness (QED) is 0.478. The van der Waals surface area contributed by atoms with Crippen molar-refractivity contribution in [1.82, 2.24) is 0 Å². The molecule has 0 fully saturated rings. The summed E-state index contributed by atoms with van der Waals surface area (Å²) < 4.78 is 15.3. The Balaban J connectivity index is 3.01. The van der Waals surface area contributed by atoms with Crippen molar-refractivity contribution >= 4 is 16.7 Å². The van der Waals surface area contributed by atoms with E-state index in [1.807, 2.05) is 6.92 Å². The Labute approximate surface area is 120 Å². The SMILES string of the molecule is CCCc1cc(=O)oc2c([N+](=O)[O-])c(OC)cc(OC)c12. The zero-order chi connectivity index (χ0) is 15.6. The van der Waals surface area contributed by atoms with Crippen LogP contribution >= 0.6 is 0 Å². The number of nitrogens with zero attached hydrogens (tertiary/aromatic N) is 1. The van der Waals surface area contributed by atoms with Crippen molar-refractivity contribution in [1.29, 1.82) is 0 Å². The molecule has 0 N–H and O–H groups in total. The van der Waals surface area contributed by atoms with Crippen LogP contribution in [0.15, 0.2) is 21.3 Å². The molecule has 0 aliphatic rings. The molecule has 21 heavy (non-hydrogen) atoms. The van der Waals surface area contributed by atoms with Gasteiger partial charge in [-0.1, -0.05) is 13.3 Å². The van der Waals surface area contributed by atoms with E-state index in [9.17, 15) is 14.9 Å². The molecule has 0 bridgehead atoms. The van der Waals surface area contributed by atoms with E-state index in [4.69, 9.17) is 13.9 Å². The van der Waals surface area contributed by atoms with Gasteiger partial charge in [0.05, 0.1) is 24.5 Å². The first kappa shape index (κ1) is 14.8. The van der Waals surface area contributed by atoms with E-state index >= 15 is 0 Å². The van der Waals surface area contributed by atoms with Crippen molar-refractivity contribution in [2.45, 2.75) is 19.8 Å². The fraction of sp³-hybridized carbons (Fsp3) is 0.357. The van der Waals surface area contributed by atoms with E-state index < -0.39 is 10.5 Å². The number of hydrogen-bond acceptors (Lipinski definition) is 6. The van der Waals surface area contributed by atoms with Crippen LogP contribution in [0.2, 0.25) is 0 Å². The number of aryl methyl sites for hydroxylation is 1. The van der Waals surface area contributed by atoms with Gasteiger partial charge in [0.2, 0.25) is 11.3 Å². The Morgan fingerprint density at radius 2 is 1.90 bits per heavy atom. The lowest BCUT2D eigenvalue weighted by molar-refractivity contribution is -0.384. The Morgan fingerprint density at radius 3 is 2.43 bits per heavy atom. The molecule has 0 aliphatic carbocycles. The predicted molar refractivity (Wildman–Crippen MR) is 76.2 cm³/mol. The number of rotatable bonds is 5. The standard InChI is InChI=1S/C14H15NO6/c1-4-5-8-6-11(16)21-14-12(8)9(19-2)7-10(20-3)13(14)15(17)18/h6-7H,4-5H2,1-3H3. The molecule has 0 saturated heterocycles. The molecule has 0 spiro atoms. The first-order valence-corrected chi connectivity index (χ1v) is 6.39. The van der Waals surface area contributed by atoms with Gasteiger partial charge in [0.15, 0.2) is 0 Å². The van der Waals surface area contributed by atoms with E-state index in [0.717, 1.165) is 6.42 Å². The zero-order valence-corrected chi connectivity index (χ0v) is 12.0. The van der Waals surface area contributed by atoms with Crippen molar-refractivity contribution in [2.24, 2.45) is 0 Å². The van der Waals surface area contributed by atoms with E-state index in [0.29, 0.717) is 23.1 Å². The van der Waals surface area contributed by atoms with Gasteiger partial charge >= 0.3 is 11.3 Å². The second-order valence-electron chi connectivity index (χ2n) is 4.43. The van der Waals surface area contributed by atoms with Gasteiger partial charge in [-0.3, -0.25) is 10.1 Å². The summed E-state index contributed by atoms with van der Waals surface area (Å²) in [5.74, 6) is 0.362. The van der Waals surface area contributed by atoms with Gasteiger partial charge < -0.3 is 13.9 Å². The highest BCUT2D eigenvalue weighted by Crippen LogP contribution is 2.41. The van der Waals surface area contributed by atoms with Crippen LogP contribution in [0.4, 0.5) is 5.69 Å². The molecule has 0 radical (unpaired) electrons. The number of nitro groups is 1. The van der Waals surface area contributed by atoms with Crippen molar-refractivity contribution in [3.05, 3.63) is 38.2 Å². The van der Waals surface area contributed by atoms with Gasteiger partial charge in [0.25, 0.3) is 0 Å². The number of nitro benzene ring substituents is 1. The van der Waals surface area contributed by atoms with Crippen LogP contribution in [0.3, 0.4) is 0 Å². The molecule has 0 amide bonds. The first-order valence-electron chi connectivity index (χ1n) is 6.39. The summed E-state index contributed by atoms with van der Waals surface area (Å²) in [5, 5.41) is 11.7. The number of hydrogen-bond donors (Lipinski definition) is 0. The van der Waals surface area contributed by atoms with Gasteiger partial charge in [0, 0.05) is 12.1 Å². The van der Waals surface area contributed by atoms with E-state index in [-0.39, 0.29) is 17.0 Å². The maximum absolute atomic E-state index is 11.7. The molecule has 1 aromatic heterocycles. The summed E-state index contributed by atoms with van der Waals surface area (Å²) >= 11 is 0. The van der Waals surface area contributed by atoms with Crippen LogP contribution in [0.5, 0.6) is 11.5 Å². The molecule has 2 aromatic rings. The molecule has 1 heterocycles. The van der Waals surface area contributed by atoms with Gasteiger partial charge in [-0.05, 0) is 12.0 Å². The molecule has 7 nitrogen and oxygen atoms in total. The molecule has 0 unspecified atom stereocenters. The van der Waals surface area contributed by atoms with Crippen molar-refractivity contribution < 1.29 is 18.8 Å². The maximum Gasteiger partial charge on any atom is 0.354 e. The highest BCUT2D eigenvalue weighted by molar-refractivity contribution is 5.95. The highest BCUT2D eigenvalue weighted by atomic mass is 16.6. The highest BCUT2D eigenvalue weighted by Gasteiger charge is 2.27. The molecule has 0 saturated carbocycles. The summed E-state index contributed by atoms with van der Waals surface area (Å²) in [6, 6.07) is 2.77. The van der Waals surface area contributed by atoms with Crippen molar-refractivity contribution in [3.8, 4) is 11.5 Å². The van der Waals surface area contributed by atoms with E-state index in [1.54, 1.807) is 0 Å². The molecule has 0 aliphatic heterocycles. The molecule has 112 valence electrons. The molecular formula is C14H15NO6. The number of methoxy groups -OCH3 is 2. The largest absolute Gasteiger partial charge is 0.496 e. The second kappa shape index (κ2) is 5.82. The summed E-state index contributed by atoms with van der Waals surface area (Å²) in [4.78, 5) is 22.4. The minimum Gasteiger partial charge on any atom is -0.496 e. The normalized spacial score (nSPS) is 10.6. The second-order valence-corrected chi connectivity index (χ2v) is 4.43. The lowest BCUT2D eigenvalue weighted by Gasteiger charge is -2.11. The summed E-state index contributed by atoms with van der Waals surface area (Å²) in [7, 11) is 2.75. The molecular weight excluding hydrogens is 278 g/mol. The molecule has 7 heteroatoms. The molecule has 0 atom stereocenters. The van der Waals surface area contributed by atoms with E-state index in [1.165, 1.54) is 26.4 Å². The molecule has 1 aromatic carbocycles. The Kier molecular flexibility index (Phi) is 4.11. The average Bonchev–Trinajstić information content (AvgIpc) is 2.44. The third kappa shape index (κ3) is 2.54. The fourth-order valence-corrected chi connectivity index (χ4v) is 2.31. The Morgan fingerprint density at radius 1 is 1.24 bits per heavy atom. The average molecular weight is 293 g/mol. The van der Waals surface area contributed by atoms with Crippen molar-refractivity contribution in [2.75, 3.05) is 14.2 Å². The number of ether oxygens (including phenoxy) is 2. The maximum atomic E-state index is 11.7. The monoisotopic (exact) mass is 293 g/mol. The van der Waals surface area contributed by atoms with Crippen LogP contribution in [0, 0.1) is 10.1 Å². The zero-order valence-electron chi connectivity index (χ0n) is 12.0. The third-order valence-electron chi connectivity index (χ3n) is 3.14. The minimum absolute atomic E-state index is 0.0128. The van der Waals surface area contributed by atoms with Crippen LogP contribution in [0.25, 0.3) is 11.0 Å². The topological polar surface area (TPSA) is 91.8 Å². The van der Waals surface area contributed by atoms with Crippen LogP contribution in [0.1, 0.15) is 18.9 Å². The Hall–Kier alpha value is -2.57. The van der Waals surface area contributed by atoms with Gasteiger partial charge in [0.1, 0.15) is 5.75 Å². The van der Waals surface area contributed by atoms with Crippen LogP contribution in [-0.4, -0.2) is 19.1 Å².